The molecule has 228 valence electrons. The summed E-state index contributed by atoms with van der Waals surface area (Å²) in [5.41, 5.74) is 7.97. The highest BCUT2D eigenvalue weighted by atomic mass is 15.2. The summed E-state index contributed by atoms with van der Waals surface area (Å²) in [6.07, 6.45) is 5.00. The van der Waals surface area contributed by atoms with E-state index in [0.717, 1.165) is 40.5 Å². The van der Waals surface area contributed by atoms with Crippen LogP contribution in [0.15, 0.2) is 168 Å². The van der Waals surface area contributed by atoms with Crippen LogP contribution in [0.4, 0.5) is 5.69 Å². The predicted molar refractivity (Wildman–Crippen MR) is 195 cm³/mol. The van der Waals surface area contributed by atoms with Gasteiger partial charge in [-0.1, -0.05) is 146 Å². The molecule has 0 aromatic heterocycles. The molecule has 6 aromatic rings. The molecule has 1 aliphatic carbocycles. The van der Waals surface area contributed by atoms with Gasteiger partial charge in [0.05, 0.1) is 0 Å². The lowest BCUT2D eigenvalue weighted by molar-refractivity contribution is 0.477. The third-order valence-electron chi connectivity index (χ3n) is 8.85. The minimum Gasteiger partial charge on any atom is -0.366 e. The van der Waals surface area contributed by atoms with Gasteiger partial charge in [0.2, 0.25) is 0 Å². The van der Waals surface area contributed by atoms with Crippen molar-refractivity contribution in [1.82, 2.24) is 10.6 Å². The second kappa shape index (κ2) is 12.9. The van der Waals surface area contributed by atoms with Crippen molar-refractivity contribution in [3.05, 3.63) is 191 Å². The molecule has 2 unspecified atom stereocenters. The quantitative estimate of drug-likeness (QED) is 0.151. The molecule has 0 saturated heterocycles. The molecule has 2 aliphatic rings. The summed E-state index contributed by atoms with van der Waals surface area (Å²) in [7, 11) is 0. The fraction of sp³-hybridized carbons (Fsp3) is 0.0952. The lowest BCUT2D eigenvalue weighted by atomic mass is 9.87. The average molecular weight is 610 g/mol. The van der Waals surface area contributed by atoms with E-state index < -0.39 is 0 Å². The van der Waals surface area contributed by atoms with E-state index in [-0.39, 0.29) is 18.4 Å². The number of nitrogens with one attached hydrogen (secondary N) is 3. The molecule has 3 N–H and O–H groups in total. The van der Waals surface area contributed by atoms with Gasteiger partial charge in [0.1, 0.15) is 17.8 Å². The van der Waals surface area contributed by atoms with Crippen LogP contribution in [-0.2, 0) is 0 Å². The van der Waals surface area contributed by atoms with Crippen molar-refractivity contribution in [2.45, 2.75) is 24.8 Å². The van der Waals surface area contributed by atoms with E-state index >= 15 is 0 Å². The number of hydrogen-bond acceptors (Lipinski definition) is 5. The highest BCUT2D eigenvalue weighted by molar-refractivity contribution is 6.15. The van der Waals surface area contributed by atoms with Gasteiger partial charge in [-0.25, -0.2) is 9.98 Å². The normalized spacial score (nSPS) is 16.5. The lowest BCUT2D eigenvalue weighted by Gasteiger charge is -2.31. The molecule has 8 rings (SSSR count). The number of hydrogen-bond donors (Lipinski definition) is 3. The zero-order valence-electron chi connectivity index (χ0n) is 25.9. The summed E-state index contributed by atoms with van der Waals surface area (Å²) in [5.74, 6) is 1.64. The molecule has 0 bridgehead atoms. The number of nitrogens with zero attached hydrogens (tertiary/aromatic N) is 2. The highest BCUT2D eigenvalue weighted by Gasteiger charge is 2.25. The largest absolute Gasteiger partial charge is 0.366 e. The molecule has 5 heteroatoms. The van der Waals surface area contributed by atoms with Gasteiger partial charge in [0.15, 0.2) is 6.17 Å². The van der Waals surface area contributed by atoms with Gasteiger partial charge >= 0.3 is 0 Å². The van der Waals surface area contributed by atoms with E-state index in [1.165, 1.54) is 27.5 Å². The minimum absolute atomic E-state index is 0.0660. The number of fused-ring (bicyclic) bond motifs is 3. The van der Waals surface area contributed by atoms with Crippen LogP contribution in [0.25, 0.3) is 16.8 Å². The van der Waals surface area contributed by atoms with Crippen LogP contribution < -0.4 is 16.0 Å². The number of aliphatic imine (C=N–C) groups is 2. The van der Waals surface area contributed by atoms with Crippen LogP contribution in [0.1, 0.15) is 58.2 Å². The fourth-order valence-electron chi connectivity index (χ4n) is 6.54. The molecule has 0 amide bonds. The molecule has 0 radical (unpaired) electrons. The van der Waals surface area contributed by atoms with Crippen LogP contribution in [0.3, 0.4) is 0 Å². The van der Waals surface area contributed by atoms with Gasteiger partial charge in [-0.3, -0.25) is 5.32 Å². The standard InChI is InChI=1S/C42H35N5/c1-5-14-30(15-6-1)39(43-35-21-11-4-12-22-35)44-37-23-13-20-29-24-25-33-28-34(26-27-36(33)38(29)37)42-46-40(31-16-7-2-8-17-31)45-41(47-42)32-18-9-3-10-19-32/h1-22,24-28,37,39,42-44H,23H2,(H,45,46,47). The Morgan fingerprint density at radius 1 is 0.638 bits per heavy atom. The van der Waals surface area contributed by atoms with E-state index in [1.807, 2.05) is 42.5 Å². The summed E-state index contributed by atoms with van der Waals surface area (Å²) in [6.45, 7) is 0. The summed E-state index contributed by atoms with van der Waals surface area (Å²) < 4.78 is 0. The van der Waals surface area contributed by atoms with Crippen LogP contribution in [-0.4, -0.2) is 11.7 Å². The molecule has 47 heavy (non-hydrogen) atoms. The van der Waals surface area contributed by atoms with Crippen LogP contribution in [0.5, 0.6) is 0 Å². The van der Waals surface area contributed by atoms with Crippen molar-refractivity contribution >= 4 is 34.2 Å². The van der Waals surface area contributed by atoms with E-state index in [9.17, 15) is 0 Å². The molecule has 1 aliphatic heterocycles. The number of para-hydroxylation sites is 1. The Morgan fingerprint density at radius 2 is 1.26 bits per heavy atom. The summed E-state index contributed by atoms with van der Waals surface area (Å²) in [4.78, 5) is 10.2. The van der Waals surface area contributed by atoms with Crippen LogP contribution >= 0.6 is 0 Å². The van der Waals surface area contributed by atoms with Gasteiger partial charge in [0, 0.05) is 22.9 Å². The Labute approximate surface area is 275 Å². The van der Waals surface area contributed by atoms with Gasteiger partial charge in [0.25, 0.3) is 0 Å². The van der Waals surface area contributed by atoms with Crippen LogP contribution in [0.2, 0.25) is 0 Å². The number of benzene rings is 6. The second-order valence-corrected chi connectivity index (χ2v) is 11.9. The molecular formula is C42H35N5. The van der Waals surface area contributed by atoms with E-state index in [0.29, 0.717) is 0 Å². The monoisotopic (exact) mass is 609 g/mol. The summed E-state index contributed by atoms with van der Waals surface area (Å²) in [5, 5.41) is 13.6. The zero-order valence-corrected chi connectivity index (χ0v) is 25.9. The van der Waals surface area contributed by atoms with Crippen molar-refractivity contribution in [2.24, 2.45) is 9.98 Å². The predicted octanol–water partition coefficient (Wildman–Crippen LogP) is 9.19. The van der Waals surface area contributed by atoms with Crippen molar-refractivity contribution in [3.8, 4) is 0 Å². The third-order valence-corrected chi connectivity index (χ3v) is 8.85. The fourth-order valence-corrected chi connectivity index (χ4v) is 6.54. The molecule has 0 spiro atoms. The smallest absolute Gasteiger partial charge is 0.169 e. The maximum Gasteiger partial charge on any atom is 0.169 e. The lowest BCUT2D eigenvalue weighted by Crippen LogP contribution is -2.36. The molecule has 0 fully saturated rings. The van der Waals surface area contributed by atoms with Crippen molar-refractivity contribution in [2.75, 3.05) is 5.32 Å². The van der Waals surface area contributed by atoms with E-state index in [4.69, 9.17) is 9.98 Å². The topological polar surface area (TPSA) is 60.8 Å². The Balaban J connectivity index is 1.16. The Morgan fingerprint density at radius 3 is 1.91 bits per heavy atom. The first-order valence-corrected chi connectivity index (χ1v) is 16.2. The van der Waals surface area contributed by atoms with E-state index in [1.54, 1.807) is 0 Å². The Kier molecular flexibility index (Phi) is 7.88. The van der Waals surface area contributed by atoms with Crippen molar-refractivity contribution in [1.29, 1.82) is 0 Å². The molecule has 2 atom stereocenters. The van der Waals surface area contributed by atoms with Crippen molar-refractivity contribution in [3.63, 3.8) is 0 Å². The number of anilines is 1. The Hall–Kier alpha value is -5.78. The first kappa shape index (κ1) is 28.7. The molecular weight excluding hydrogens is 574 g/mol. The Bertz CT molecular complexity index is 2030. The molecule has 5 nitrogen and oxygen atoms in total. The maximum atomic E-state index is 5.11. The molecule has 6 aromatic carbocycles. The van der Waals surface area contributed by atoms with Gasteiger partial charge in [-0.15, -0.1) is 0 Å². The van der Waals surface area contributed by atoms with Gasteiger partial charge in [-0.05, 0) is 57.6 Å². The maximum absolute atomic E-state index is 5.11. The van der Waals surface area contributed by atoms with Crippen LogP contribution in [0, 0.1) is 0 Å². The van der Waals surface area contributed by atoms with Crippen molar-refractivity contribution < 1.29 is 0 Å². The second-order valence-electron chi connectivity index (χ2n) is 11.9. The first-order chi connectivity index (χ1) is 23.3. The zero-order chi connectivity index (χ0) is 31.4. The first-order valence-electron chi connectivity index (χ1n) is 16.2. The summed E-state index contributed by atoms with van der Waals surface area (Å²) >= 11 is 0. The minimum atomic E-state index is -0.367. The number of amidine groups is 2. The summed E-state index contributed by atoms with van der Waals surface area (Å²) in [6, 6.07) is 52.9. The highest BCUT2D eigenvalue weighted by Crippen LogP contribution is 2.37. The van der Waals surface area contributed by atoms with Gasteiger partial charge < -0.3 is 10.6 Å². The molecule has 1 heterocycles. The SMILES string of the molecule is C1=Cc2ccc3cc(C4N=C(c5ccccc5)NC(c5ccccc5)=N4)ccc3c2C(NC(Nc2ccccc2)c2ccccc2)C1. The number of rotatable bonds is 8. The third kappa shape index (κ3) is 6.09. The van der Waals surface area contributed by atoms with Gasteiger partial charge in [-0.2, -0.15) is 0 Å². The average Bonchev–Trinajstić information content (AvgIpc) is 3.15. The molecule has 0 saturated carbocycles. The van der Waals surface area contributed by atoms with E-state index in [2.05, 4.69) is 137 Å².